The van der Waals surface area contributed by atoms with Gasteiger partial charge in [-0.25, -0.2) is 4.98 Å². The quantitative estimate of drug-likeness (QED) is 0.626. The zero-order valence-corrected chi connectivity index (χ0v) is 17.9. The molecular formula is C24H22F3N5O. The highest BCUT2D eigenvalue weighted by Gasteiger charge is 2.47. The van der Waals surface area contributed by atoms with Crippen molar-refractivity contribution in [3.05, 3.63) is 71.7 Å². The van der Waals surface area contributed by atoms with Crippen LogP contribution in [-0.2, 0) is 6.18 Å². The van der Waals surface area contributed by atoms with Gasteiger partial charge in [-0.1, -0.05) is 6.07 Å². The van der Waals surface area contributed by atoms with E-state index in [1.807, 2.05) is 36.1 Å². The van der Waals surface area contributed by atoms with Gasteiger partial charge in [0.1, 0.15) is 11.5 Å². The maximum Gasteiger partial charge on any atom is 0.417 e. The number of fused-ring (bicyclic) bond motifs is 2. The average molecular weight is 453 g/mol. The Hall–Kier alpha value is -3.49. The molecule has 2 aliphatic rings. The minimum absolute atomic E-state index is 0.0653. The summed E-state index contributed by atoms with van der Waals surface area (Å²) in [4.78, 5) is 28.3. The zero-order valence-electron chi connectivity index (χ0n) is 17.9. The van der Waals surface area contributed by atoms with Gasteiger partial charge >= 0.3 is 6.18 Å². The number of nitrogens with zero attached hydrogens (tertiary/aromatic N) is 4. The van der Waals surface area contributed by atoms with Gasteiger partial charge in [-0.3, -0.25) is 14.8 Å². The number of aromatic nitrogens is 3. The highest BCUT2D eigenvalue weighted by atomic mass is 19.4. The lowest BCUT2D eigenvalue weighted by atomic mass is 10.0. The summed E-state index contributed by atoms with van der Waals surface area (Å²) < 4.78 is 38.4. The third kappa shape index (κ3) is 4.15. The second kappa shape index (κ2) is 8.13. The number of nitrogens with one attached hydrogen (secondary N) is 1. The standard InChI is InChI=1S/C24H22F3N5O/c1-14-5-7-17(22(30-14)18-4-2-3-9-28-18)23(33)32-13-15-10-19(20(32)11-15)31-21-8-6-16(12-29-21)24(25,26)27/h2-9,12,15,19-20H,10-11,13H2,1H3,(H,29,31). The molecule has 5 rings (SSSR count). The third-order valence-corrected chi connectivity index (χ3v) is 6.34. The highest BCUT2D eigenvalue weighted by Crippen LogP contribution is 2.40. The monoisotopic (exact) mass is 453 g/mol. The van der Waals surface area contributed by atoms with Crippen LogP contribution < -0.4 is 5.32 Å². The molecule has 1 saturated heterocycles. The number of piperidine rings is 1. The minimum Gasteiger partial charge on any atom is -0.365 e. The molecule has 1 amide bonds. The molecule has 2 fully saturated rings. The second-order valence-corrected chi connectivity index (χ2v) is 8.61. The van der Waals surface area contributed by atoms with Gasteiger partial charge in [-0.15, -0.1) is 0 Å². The number of amides is 1. The van der Waals surface area contributed by atoms with Gasteiger partial charge < -0.3 is 10.2 Å². The molecule has 3 aromatic heterocycles. The lowest BCUT2D eigenvalue weighted by Gasteiger charge is -2.34. The summed E-state index contributed by atoms with van der Waals surface area (Å²) in [6.07, 6.45) is -0.231. The number of hydrogen-bond donors (Lipinski definition) is 1. The first-order valence-corrected chi connectivity index (χ1v) is 10.8. The number of carbonyl (C=O) groups is 1. The third-order valence-electron chi connectivity index (χ3n) is 6.34. The number of hydrogen-bond acceptors (Lipinski definition) is 5. The SMILES string of the molecule is Cc1ccc(C(=O)N2CC3CC(Nc4ccc(C(F)(F)F)cn4)C2C3)c(-c2ccccn2)n1. The van der Waals surface area contributed by atoms with Crippen LogP contribution in [0.4, 0.5) is 19.0 Å². The van der Waals surface area contributed by atoms with Crippen LogP contribution in [0.2, 0.25) is 0 Å². The van der Waals surface area contributed by atoms with Crippen molar-refractivity contribution in [2.75, 3.05) is 11.9 Å². The topological polar surface area (TPSA) is 71.0 Å². The van der Waals surface area contributed by atoms with Crippen molar-refractivity contribution in [2.24, 2.45) is 5.92 Å². The van der Waals surface area contributed by atoms with Crippen LogP contribution in [0.15, 0.2) is 54.9 Å². The molecule has 3 unspecified atom stereocenters. The Morgan fingerprint density at radius 3 is 2.61 bits per heavy atom. The molecule has 33 heavy (non-hydrogen) atoms. The van der Waals surface area contributed by atoms with Crippen LogP contribution in [0.5, 0.6) is 0 Å². The summed E-state index contributed by atoms with van der Waals surface area (Å²) in [7, 11) is 0. The van der Waals surface area contributed by atoms with Gasteiger partial charge in [0.2, 0.25) is 0 Å². The van der Waals surface area contributed by atoms with E-state index in [9.17, 15) is 18.0 Å². The molecule has 3 aromatic rings. The lowest BCUT2D eigenvalue weighted by molar-refractivity contribution is -0.137. The Morgan fingerprint density at radius 1 is 1.09 bits per heavy atom. The van der Waals surface area contributed by atoms with E-state index < -0.39 is 11.7 Å². The number of rotatable bonds is 4. The van der Waals surface area contributed by atoms with E-state index in [1.54, 1.807) is 12.3 Å². The fraction of sp³-hybridized carbons (Fsp3) is 0.333. The predicted octanol–water partition coefficient (Wildman–Crippen LogP) is 4.58. The Kier molecular flexibility index (Phi) is 5.26. The highest BCUT2D eigenvalue weighted by molar-refractivity contribution is 6.00. The van der Waals surface area contributed by atoms with Gasteiger partial charge in [0, 0.05) is 30.7 Å². The van der Waals surface area contributed by atoms with E-state index in [0.29, 0.717) is 35.2 Å². The molecule has 170 valence electrons. The van der Waals surface area contributed by atoms with Crippen LogP contribution in [0.25, 0.3) is 11.4 Å². The molecule has 6 nitrogen and oxygen atoms in total. The maximum absolute atomic E-state index is 13.6. The fourth-order valence-corrected chi connectivity index (χ4v) is 4.83. The number of anilines is 1. The van der Waals surface area contributed by atoms with Crippen LogP contribution in [0, 0.1) is 12.8 Å². The number of carbonyl (C=O) groups excluding carboxylic acids is 1. The van der Waals surface area contributed by atoms with Crippen molar-refractivity contribution < 1.29 is 18.0 Å². The first-order chi connectivity index (χ1) is 15.8. The zero-order chi connectivity index (χ0) is 23.2. The van der Waals surface area contributed by atoms with E-state index in [4.69, 9.17) is 0 Å². The molecule has 0 radical (unpaired) electrons. The van der Waals surface area contributed by atoms with E-state index >= 15 is 0 Å². The lowest BCUT2D eigenvalue weighted by Crippen LogP contribution is -2.48. The number of likely N-dealkylation sites (tertiary alicyclic amines) is 1. The molecular weight excluding hydrogens is 431 g/mol. The molecule has 1 aliphatic heterocycles. The Labute approximate surface area is 188 Å². The summed E-state index contributed by atoms with van der Waals surface area (Å²) in [6.45, 7) is 2.52. The smallest absolute Gasteiger partial charge is 0.365 e. The number of alkyl halides is 3. The van der Waals surface area contributed by atoms with Crippen molar-refractivity contribution in [1.82, 2.24) is 19.9 Å². The minimum atomic E-state index is -4.42. The van der Waals surface area contributed by atoms with Crippen LogP contribution >= 0.6 is 0 Å². The summed E-state index contributed by atoms with van der Waals surface area (Å²) in [6, 6.07) is 11.3. The first-order valence-electron chi connectivity index (χ1n) is 10.8. The summed E-state index contributed by atoms with van der Waals surface area (Å²) in [5.41, 5.74) is 1.70. The molecule has 9 heteroatoms. The van der Waals surface area contributed by atoms with Crippen molar-refractivity contribution in [1.29, 1.82) is 0 Å². The maximum atomic E-state index is 13.6. The van der Waals surface area contributed by atoms with Crippen molar-refractivity contribution in [3.63, 3.8) is 0 Å². The van der Waals surface area contributed by atoms with Gasteiger partial charge in [0.15, 0.2) is 0 Å². The van der Waals surface area contributed by atoms with Crippen LogP contribution in [0.3, 0.4) is 0 Å². The average Bonchev–Trinajstić information content (AvgIpc) is 3.40. The molecule has 1 N–H and O–H groups in total. The Bertz CT molecular complexity index is 1170. The van der Waals surface area contributed by atoms with E-state index in [2.05, 4.69) is 20.3 Å². The molecule has 4 heterocycles. The molecule has 1 saturated carbocycles. The summed E-state index contributed by atoms with van der Waals surface area (Å²) in [5, 5.41) is 3.24. The number of pyridine rings is 3. The molecule has 0 spiro atoms. The van der Waals surface area contributed by atoms with E-state index in [1.165, 1.54) is 6.07 Å². The summed E-state index contributed by atoms with van der Waals surface area (Å²) in [5.74, 6) is 0.601. The van der Waals surface area contributed by atoms with Crippen LogP contribution in [-0.4, -0.2) is 44.4 Å². The van der Waals surface area contributed by atoms with Crippen molar-refractivity contribution >= 4 is 11.7 Å². The molecule has 0 aromatic carbocycles. The largest absolute Gasteiger partial charge is 0.417 e. The van der Waals surface area contributed by atoms with E-state index in [-0.39, 0.29) is 18.0 Å². The Morgan fingerprint density at radius 2 is 1.94 bits per heavy atom. The predicted molar refractivity (Wildman–Crippen MR) is 116 cm³/mol. The molecule has 3 atom stereocenters. The Balaban J connectivity index is 1.37. The number of aryl methyl sites for hydroxylation is 1. The van der Waals surface area contributed by atoms with Gasteiger partial charge in [0.25, 0.3) is 5.91 Å². The molecule has 1 aliphatic carbocycles. The van der Waals surface area contributed by atoms with Gasteiger partial charge in [-0.2, -0.15) is 13.2 Å². The number of halogens is 3. The fourth-order valence-electron chi connectivity index (χ4n) is 4.83. The molecule has 2 bridgehead atoms. The second-order valence-electron chi connectivity index (χ2n) is 8.61. The van der Waals surface area contributed by atoms with Gasteiger partial charge in [0.05, 0.1) is 22.9 Å². The van der Waals surface area contributed by atoms with Crippen LogP contribution in [0.1, 0.15) is 34.5 Å². The van der Waals surface area contributed by atoms with Crippen molar-refractivity contribution in [2.45, 2.75) is 38.0 Å². The summed E-state index contributed by atoms with van der Waals surface area (Å²) >= 11 is 0. The first kappa shape index (κ1) is 21.4. The van der Waals surface area contributed by atoms with Gasteiger partial charge in [-0.05, 0) is 62.1 Å². The van der Waals surface area contributed by atoms with Crippen molar-refractivity contribution in [3.8, 4) is 11.4 Å². The normalized spacial score (nSPS) is 21.9. The van der Waals surface area contributed by atoms with E-state index in [0.717, 1.165) is 30.8 Å².